The fourth-order valence-corrected chi connectivity index (χ4v) is 4.76. The Bertz CT molecular complexity index is 1250. The van der Waals surface area contributed by atoms with Gasteiger partial charge >= 0.3 is 0 Å². The lowest BCUT2D eigenvalue weighted by Gasteiger charge is -2.33. The highest BCUT2D eigenvalue weighted by molar-refractivity contribution is 7.10. The average Bonchev–Trinajstić information content (AvgIpc) is 3.27. The Morgan fingerprint density at radius 3 is 2.59 bits per heavy atom. The number of hydrogen-bond acceptors (Lipinski definition) is 4. The maximum absolute atomic E-state index is 13.0. The summed E-state index contributed by atoms with van der Waals surface area (Å²) >= 11 is 7.67. The average molecular weight is 461 g/mol. The van der Waals surface area contributed by atoms with Crippen LogP contribution in [0.4, 0.5) is 5.69 Å². The van der Waals surface area contributed by atoms with Gasteiger partial charge in [0.1, 0.15) is 5.75 Å². The first kappa shape index (κ1) is 20.7. The van der Waals surface area contributed by atoms with Crippen LogP contribution in [-0.2, 0) is 17.8 Å². The molecular weight excluding hydrogens is 440 g/mol. The number of carbonyl (C=O) groups is 1. The Morgan fingerprint density at radius 2 is 1.81 bits per heavy atom. The molecule has 1 aliphatic heterocycles. The smallest absolute Gasteiger partial charge is 0.268 e. The van der Waals surface area contributed by atoms with Gasteiger partial charge in [0.2, 0.25) is 0 Å². The number of fused-ring (bicyclic) bond motifs is 1. The molecule has 0 aliphatic carbocycles. The number of benzene rings is 3. The molecule has 1 amide bonds. The van der Waals surface area contributed by atoms with Crippen LogP contribution in [-0.4, -0.2) is 17.0 Å². The summed E-state index contributed by atoms with van der Waals surface area (Å²) in [5, 5.41) is 3.80. The number of hydrogen-bond donors (Lipinski definition) is 0. The highest BCUT2D eigenvalue weighted by Crippen LogP contribution is 2.38. The Labute approximate surface area is 196 Å². The third-order valence-electron chi connectivity index (χ3n) is 5.47. The van der Waals surface area contributed by atoms with E-state index in [2.05, 4.69) is 17.5 Å². The lowest BCUT2D eigenvalue weighted by atomic mass is 10.1. The van der Waals surface area contributed by atoms with Crippen LogP contribution >= 0.6 is 22.9 Å². The summed E-state index contributed by atoms with van der Waals surface area (Å²) < 4.78 is 5.88. The molecule has 1 aromatic heterocycles. The predicted octanol–water partition coefficient (Wildman–Crippen LogP) is 6.37. The molecule has 0 saturated carbocycles. The number of nitrogens with zero attached hydrogens (tertiary/aromatic N) is 2. The van der Waals surface area contributed by atoms with Crippen LogP contribution in [0, 0.1) is 0 Å². The fourth-order valence-electron chi connectivity index (χ4n) is 3.80. The summed E-state index contributed by atoms with van der Waals surface area (Å²) in [5.74, 6) is 0.641. The minimum atomic E-state index is -0.530. The molecule has 4 aromatic rings. The van der Waals surface area contributed by atoms with Gasteiger partial charge in [-0.25, -0.2) is 4.98 Å². The number of aromatic nitrogens is 1. The first-order valence-electron chi connectivity index (χ1n) is 10.4. The van der Waals surface area contributed by atoms with Crippen molar-refractivity contribution in [3.63, 3.8) is 0 Å². The largest absolute Gasteiger partial charge is 0.479 e. The van der Waals surface area contributed by atoms with Crippen molar-refractivity contribution in [2.24, 2.45) is 0 Å². The molecule has 160 valence electrons. The number of rotatable bonds is 5. The van der Waals surface area contributed by atoms with Gasteiger partial charge < -0.3 is 9.64 Å². The number of halogens is 1. The third kappa shape index (κ3) is 4.27. The van der Waals surface area contributed by atoms with Crippen LogP contribution in [0.3, 0.4) is 0 Å². The van der Waals surface area contributed by atoms with Crippen LogP contribution in [0.1, 0.15) is 23.1 Å². The zero-order valence-electron chi connectivity index (χ0n) is 17.5. The molecule has 0 radical (unpaired) electrons. The summed E-state index contributed by atoms with van der Waals surface area (Å²) in [5.41, 5.74) is 4.87. The van der Waals surface area contributed by atoms with Crippen molar-refractivity contribution < 1.29 is 9.53 Å². The van der Waals surface area contributed by atoms with E-state index in [1.807, 2.05) is 60.7 Å². The molecule has 1 atom stereocenters. The Balaban J connectivity index is 1.45. The van der Waals surface area contributed by atoms with Crippen LogP contribution < -0.4 is 9.64 Å². The van der Waals surface area contributed by atoms with Crippen molar-refractivity contribution in [3.05, 3.63) is 99.3 Å². The summed E-state index contributed by atoms with van der Waals surface area (Å²) in [6.07, 6.45) is 0.274. The van der Waals surface area contributed by atoms with E-state index >= 15 is 0 Å². The molecule has 0 fully saturated rings. The van der Waals surface area contributed by atoms with E-state index in [0.717, 1.165) is 33.9 Å². The second-order valence-electron chi connectivity index (χ2n) is 7.78. The Kier molecular flexibility index (Phi) is 5.68. The SMILES string of the molecule is CC1Oc2ccc(-c3csc(Cc4ccccc4)n3)cc2N(Cc2ccc(Cl)cc2)C1=O. The standard InChI is InChI=1S/C26H21ClN2O2S/c1-17-26(30)29(15-19-7-10-21(27)11-8-19)23-14-20(9-12-24(23)31-17)22-16-32-25(28-22)13-18-5-3-2-4-6-18/h2-12,14,16-17H,13,15H2,1H3. The summed E-state index contributed by atoms with van der Waals surface area (Å²) in [4.78, 5) is 19.6. The first-order chi connectivity index (χ1) is 15.6. The quantitative estimate of drug-likeness (QED) is 0.347. The second kappa shape index (κ2) is 8.77. The van der Waals surface area contributed by atoms with Crippen molar-refractivity contribution in [3.8, 4) is 17.0 Å². The molecule has 4 nitrogen and oxygen atoms in total. The van der Waals surface area contributed by atoms with Crippen LogP contribution in [0.25, 0.3) is 11.3 Å². The molecule has 32 heavy (non-hydrogen) atoms. The zero-order chi connectivity index (χ0) is 22.1. The van der Waals surface area contributed by atoms with Gasteiger partial charge in [0.05, 0.1) is 22.9 Å². The van der Waals surface area contributed by atoms with E-state index in [0.29, 0.717) is 17.3 Å². The van der Waals surface area contributed by atoms with Crippen molar-refractivity contribution in [2.75, 3.05) is 4.90 Å². The molecule has 3 aromatic carbocycles. The van der Waals surface area contributed by atoms with Crippen molar-refractivity contribution in [1.29, 1.82) is 0 Å². The maximum Gasteiger partial charge on any atom is 0.268 e. The van der Waals surface area contributed by atoms with E-state index in [4.69, 9.17) is 21.3 Å². The molecule has 0 bridgehead atoms. The lowest BCUT2D eigenvalue weighted by molar-refractivity contribution is -0.125. The second-order valence-corrected chi connectivity index (χ2v) is 9.16. The molecule has 1 unspecified atom stereocenters. The molecule has 0 saturated heterocycles. The van der Waals surface area contributed by atoms with E-state index in [9.17, 15) is 4.79 Å². The van der Waals surface area contributed by atoms with Gasteiger partial charge in [-0.15, -0.1) is 11.3 Å². The van der Waals surface area contributed by atoms with Gasteiger partial charge in [-0.3, -0.25) is 4.79 Å². The predicted molar refractivity (Wildman–Crippen MR) is 130 cm³/mol. The molecule has 1 aliphatic rings. The monoisotopic (exact) mass is 460 g/mol. The zero-order valence-corrected chi connectivity index (χ0v) is 19.1. The fraction of sp³-hybridized carbons (Fsp3) is 0.154. The van der Waals surface area contributed by atoms with Crippen LogP contribution in [0.2, 0.25) is 5.02 Å². The summed E-state index contributed by atoms with van der Waals surface area (Å²) in [6.45, 7) is 2.24. The Morgan fingerprint density at radius 1 is 1.03 bits per heavy atom. The molecular formula is C26H21ClN2O2S. The topological polar surface area (TPSA) is 42.4 Å². The Hall–Kier alpha value is -3.15. The third-order valence-corrected chi connectivity index (χ3v) is 6.57. The van der Waals surface area contributed by atoms with Gasteiger partial charge in [0, 0.05) is 22.4 Å². The highest BCUT2D eigenvalue weighted by Gasteiger charge is 2.32. The lowest BCUT2D eigenvalue weighted by Crippen LogP contribution is -2.44. The molecule has 0 N–H and O–H groups in total. The number of amides is 1. The summed E-state index contributed by atoms with van der Waals surface area (Å²) in [6, 6.07) is 23.8. The van der Waals surface area contributed by atoms with Gasteiger partial charge in [0.25, 0.3) is 5.91 Å². The molecule has 6 heteroatoms. The van der Waals surface area contributed by atoms with Gasteiger partial charge in [-0.05, 0) is 48.4 Å². The molecule has 0 spiro atoms. The van der Waals surface area contributed by atoms with Crippen LogP contribution in [0.15, 0.2) is 78.2 Å². The number of carbonyl (C=O) groups excluding carboxylic acids is 1. The minimum Gasteiger partial charge on any atom is -0.479 e. The van der Waals surface area contributed by atoms with Crippen molar-refractivity contribution >= 4 is 34.5 Å². The van der Waals surface area contributed by atoms with E-state index < -0.39 is 6.10 Å². The minimum absolute atomic E-state index is 0.0624. The number of ether oxygens (including phenoxy) is 1. The van der Waals surface area contributed by atoms with Crippen molar-refractivity contribution in [1.82, 2.24) is 4.98 Å². The van der Waals surface area contributed by atoms with Gasteiger partial charge in [-0.2, -0.15) is 0 Å². The van der Waals surface area contributed by atoms with Gasteiger partial charge in [-0.1, -0.05) is 54.1 Å². The number of anilines is 1. The molecule has 5 rings (SSSR count). The highest BCUT2D eigenvalue weighted by atomic mass is 35.5. The van der Waals surface area contributed by atoms with E-state index in [1.165, 1.54) is 5.56 Å². The molecule has 2 heterocycles. The number of thiazole rings is 1. The van der Waals surface area contributed by atoms with Gasteiger partial charge in [0.15, 0.2) is 6.10 Å². The van der Waals surface area contributed by atoms with Crippen molar-refractivity contribution in [2.45, 2.75) is 26.0 Å². The van der Waals surface area contributed by atoms with E-state index in [1.54, 1.807) is 23.2 Å². The van der Waals surface area contributed by atoms with Crippen LogP contribution in [0.5, 0.6) is 5.75 Å². The normalized spacial score (nSPS) is 15.4. The maximum atomic E-state index is 13.0. The summed E-state index contributed by atoms with van der Waals surface area (Å²) in [7, 11) is 0. The first-order valence-corrected chi connectivity index (χ1v) is 11.7. The van der Waals surface area contributed by atoms with E-state index in [-0.39, 0.29) is 5.91 Å².